The van der Waals surface area contributed by atoms with E-state index in [4.69, 9.17) is 4.74 Å². The fraction of sp³-hybridized carbons (Fsp3) is 0.308. The molecule has 0 fully saturated rings. The zero-order valence-corrected chi connectivity index (χ0v) is 11.2. The van der Waals surface area contributed by atoms with E-state index in [1.54, 1.807) is 18.7 Å². The minimum Gasteiger partial charge on any atom is -0.460 e. The maximum atomic E-state index is 11.5. The van der Waals surface area contributed by atoms with Gasteiger partial charge in [0.2, 0.25) is 0 Å². The third-order valence-corrected chi connectivity index (χ3v) is 4.24. The number of esters is 1. The highest BCUT2D eigenvalue weighted by molar-refractivity contribution is 7.99. The fourth-order valence-corrected chi connectivity index (χ4v) is 3.29. The lowest BCUT2D eigenvalue weighted by Crippen LogP contribution is -2.07. The van der Waals surface area contributed by atoms with Crippen molar-refractivity contribution < 1.29 is 9.53 Å². The van der Waals surface area contributed by atoms with Crippen LogP contribution in [0.4, 0.5) is 0 Å². The molecule has 1 aliphatic heterocycles. The van der Waals surface area contributed by atoms with Gasteiger partial charge in [0.25, 0.3) is 5.82 Å². The molecule has 0 radical (unpaired) electrons. The van der Waals surface area contributed by atoms with E-state index in [9.17, 15) is 4.79 Å². The van der Waals surface area contributed by atoms with Crippen LogP contribution in [0.25, 0.3) is 0 Å². The molecule has 1 atom stereocenters. The topological polar surface area (TPSA) is 67.9 Å². The molecule has 1 aromatic carbocycles. The van der Waals surface area contributed by atoms with Gasteiger partial charge in [0, 0.05) is 4.90 Å². The summed E-state index contributed by atoms with van der Waals surface area (Å²) in [6.07, 6.45) is 0.901. The first-order valence-electron chi connectivity index (χ1n) is 6.12. The predicted octanol–water partition coefficient (Wildman–Crippen LogP) is 2.37. The molecular formula is C13H13N3O2S. The normalized spacial score (nSPS) is 17.2. The zero-order valence-electron chi connectivity index (χ0n) is 10.4. The molecule has 1 N–H and O–H groups in total. The van der Waals surface area contributed by atoms with Crippen molar-refractivity contribution in [2.75, 3.05) is 6.61 Å². The van der Waals surface area contributed by atoms with E-state index in [1.807, 2.05) is 12.1 Å². The minimum atomic E-state index is -0.481. The van der Waals surface area contributed by atoms with Crippen LogP contribution in [0.15, 0.2) is 29.2 Å². The van der Waals surface area contributed by atoms with Gasteiger partial charge in [-0.1, -0.05) is 18.2 Å². The van der Waals surface area contributed by atoms with Crippen molar-refractivity contribution >= 4 is 17.7 Å². The second kappa shape index (κ2) is 5.05. The van der Waals surface area contributed by atoms with Crippen LogP contribution in [0.2, 0.25) is 0 Å². The summed E-state index contributed by atoms with van der Waals surface area (Å²) in [4.78, 5) is 17.0. The summed E-state index contributed by atoms with van der Waals surface area (Å²) in [5.74, 6) is 0.350. The highest BCUT2D eigenvalue weighted by Crippen LogP contribution is 2.44. The third-order valence-electron chi connectivity index (χ3n) is 2.91. The Morgan fingerprint density at radius 1 is 1.53 bits per heavy atom. The molecule has 0 saturated carbocycles. The Hall–Kier alpha value is -1.82. The van der Waals surface area contributed by atoms with Crippen molar-refractivity contribution in [2.24, 2.45) is 0 Å². The van der Waals surface area contributed by atoms with E-state index in [1.165, 1.54) is 10.5 Å². The number of benzene rings is 1. The van der Waals surface area contributed by atoms with E-state index < -0.39 is 5.97 Å². The molecule has 0 aliphatic carbocycles. The molecular weight excluding hydrogens is 262 g/mol. The summed E-state index contributed by atoms with van der Waals surface area (Å²) >= 11 is 1.74. The van der Waals surface area contributed by atoms with Crippen molar-refractivity contribution in [1.29, 1.82) is 0 Å². The van der Waals surface area contributed by atoms with E-state index in [-0.39, 0.29) is 11.1 Å². The first kappa shape index (κ1) is 12.2. The Balaban J connectivity index is 1.77. The van der Waals surface area contributed by atoms with E-state index in [2.05, 4.69) is 27.3 Å². The SMILES string of the molecule is CCOC(=O)c1n[nH]c(C2Cc3ccccc3S2)n1. The molecule has 1 aliphatic rings. The number of rotatable bonds is 3. The largest absolute Gasteiger partial charge is 0.460 e. The third kappa shape index (κ3) is 2.35. The molecule has 0 bridgehead atoms. The second-order valence-electron chi connectivity index (χ2n) is 4.18. The van der Waals surface area contributed by atoms with Gasteiger partial charge in [0.05, 0.1) is 11.9 Å². The first-order chi connectivity index (χ1) is 9.28. The number of nitrogens with zero attached hydrogens (tertiary/aromatic N) is 2. The van der Waals surface area contributed by atoms with Crippen LogP contribution in [0.3, 0.4) is 0 Å². The molecule has 1 unspecified atom stereocenters. The highest BCUT2D eigenvalue weighted by atomic mass is 32.2. The van der Waals surface area contributed by atoms with Crippen LogP contribution in [0.5, 0.6) is 0 Å². The van der Waals surface area contributed by atoms with E-state index in [0.29, 0.717) is 6.61 Å². The Labute approximate surface area is 114 Å². The molecule has 98 valence electrons. The van der Waals surface area contributed by atoms with Gasteiger partial charge < -0.3 is 4.74 Å². The van der Waals surface area contributed by atoms with Crippen molar-refractivity contribution in [3.8, 4) is 0 Å². The number of thioether (sulfide) groups is 1. The van der Waals surface area contributed by atoms with Crippen LogP contribution in [0, 0.1) is 0 Å². The standard InChI is InChI=1S/C13H13N3O2S/c1-2-18-13(17)12-14-11(15-16-12)10-7-8-5-3-4-6-9(8)19-10/h3-6,10H,2,7H2,1H3,(H,14,15,16). The Morgan fingerprint density at radius 2 is 2.37 bits per heavy atom. The van der Waals surface area contributed by atoms with Gasteiger partial charge in [-0.15, -0.1) is 16.9 Å². The summed E-state index contributed by atoms with van der Waals surface area (Å²) < 4.78 is 4.87. The van der Waals surface area contributed by atoms with E-state index >= 15 is 0 Å². The number of aromatic nitrogens is 3. The lowest BCUT2D eigenvalue weighted by Gasteiger charge is -2.02. The number of carbonyl (C=O) groups is 1. The van der Waals surface area contributed by atoms with Gasteiger partial charge in [-0.05, 0) is 25.0 Å². The van der Waals surface area contributed by atoms with Crippen molar-refractivity contribution in [2.45, 2.75) is 23.5 Å². The number of ether oxygens (including phenoxy) is 1. The average molecular weight is 275 g/mol. The molecule has 0 spiro atoms. The second-order valence-corrected chi connectivity index (χ2v) is 5.43. The number of fused-ring (bicyclic) bond motifs is 1. The monoisotopic (exact) mass is 275 g/mol. The number of nitrogens with one attached hydrogen (secondary N) is 1. The molecule has 2 heterocycles. The molecule has 5 nitrogen and oxygen atoms in total. The van der Waals surface area contributed by atoms with Gasteiger partial charge in [0.1, 0.15) is 5.82 Å². The minimum absolute atomic E-state index is 0.105. The summed E-state index contributed by atoms with van der Waals surface area (Å²) in [6.45, 7) is 2.08. The fourth-order valence-electron chi connectivity index (χ4n) is 2.04. The van der Waals surface area contributed by atoms with Crippen LogP contribution in [-0.4, -0.2) is 27.8 Å². The van der Waals surface area contributed by atoms with Gasteiger partial charge in [-0.2, -0.15) is 0 Å². The first-order valence-corrected chi connectivity index (χ1v) is 7.00. The van der Waals surface area contributed by atoms with Crippen molar-refractivity contribution in [3.63, 3.8) is 0 Å². The van der Waals surface area contributed by atoms with Crippen LogP contribution >= 0.6 is 11.8 Å². The summed E-state index contributed by atoms with van der Waals surface area (Å²) in [5, 5.41) is 6.95. The number of hydrogen-bond donors (Lipinski definition) is 1. The highest BCUT2D eigenvalue weighted by Gasteiger charge is 2.27. The number of hydrogen-bond acceptors (Lipinski definition) is 5. The van der Waals surface area contributed by atoms with Gasteiger partial charge in [0.15, 0.2) is 0 Å². The molecule has 6 heteroatoms. The maximum absolute atomic E-state index is 11.5. The summed E-state index contributed by atoms with van der Waals surface area (Å²) in [6, 6.07) is 8.28. The molecule has 1 aromatic heterocycles. The molecule has 19 heavy (non-hydrogen) atoms. The van der Waals surface area contributed by atoms with Gasteiger partial charge in [-0.25, -0.2) is 9.78 Å². The smallest absolute Gasteiger partial charge is 0.378 e. The lowest BCUT2D eigenvalue weighted by molar-refractivity contribution is 0.0512. The molecule has 2 aromatic rings. The lowest BCUT2D eigenvalue weighted by atomic mass is 10.1. The zero-order chi connectivity index (χ0) is 13.2. The maximum Gasteiger partial charge on any atom is 0.378 e. The molecule has 0 amide bonds. The van der Waals surface area contributed by atoms with E-state index in [0.717, 1.165) is 12.2 Å². The van der Waals surface area contributed by atoms with Crippen LogP contribution in [0.1, 0.15) is 34.2 Å². The Bertz CT molecular complexity index is 586. The molecule has 0 saturated heterocycles. The number of carbonyl (C=O) groups excluding carboxylic acids is 1. The summed E-state index contributed by atoms with van der Waals surface area (Å²) in [7, 11) is 0. The Morgan fingerprint density at radius 3 is 3.16 bits per heavy atom. The quantitative estimate of drug-likeness (QED) is 0.871. The molecule has 3 rings (SSSR count). The van der Waals surface area contributed by atoms with Gasteiger partial charge in [-0.3, -0.25) is 5.10 Å². The van der Waals surface area contributed by atoms with Crippen LogP contribution < -0.4 is 0 Å². The summed E-state index contributed by atoms with van der Waals surface area (Å²) in [5.41, 5.74) is 1.31. The van der Waals surface area contributed by atoms with Crippen molar-refractivity contribution in [3.05, 3.63) is 41.5 Å². The Kier molecular flexibility index (Phi) is 3.25. The van der Waals surface area contributed by atoms with Gasteiger partial charge >= 0.3 is 5.97 Å². The van der Waals surface area contributed by atoms with Crippen LogP contribution in [-0.2, 0) is 11.2 Å². The average Bonchev–Trinajstić information content (AvgIpc) is 3.05. The predicted molar refractivity (Wildman–Crippen MR) is 71.1 cm³/mol. The number of H-pyrrole nitrogens is 1. The van der Waals surface area contributed by atoms with Crippen molar-refractivity contribution in [1.82, 2.24) is 15.2 Å². The number of aromatic amines is 1.